The van der Waals surface area contributed by atoms with Gasteiger partial charge in [-0.25, -0.2) is 19.0 Å². The Morgan fingerprint density at radius 3 is 1.99 bits per heavy atom. The Morgan fingerprint density at radius 2 is 1.39 bits per heavy atom. The van der Waals surface area contributed by atoms with Crippen LogP contribution in [0.5, 0.6) is 17.5 Å². The van der Waals surface area contributed by atoms with Crippen LogP contribution in [0.25, 0.3) is 17.1 Å². The molecule has 30 heteroatoms. The number of aromatic nitrogens is 3. The Kier molecular flexibility index (Phi) is 21.7. The number of esters is 4. The van der Waals surface area contributed by atoms with E-state index in [4.69, 9.17) is 28.4 Å². The van der Waals surface area contributed by atoms with Crippen molar-refractivity contribution in [3.63, 3.8) is 0 Å². The molecule has 107 heavy (non-hydrogen) atoms. The van der Waals surface area contributed by atoms with Crippen LogP contribution in [0.3, 0.4) is 0 Å². The lowest BCUT2D eigenvalue weighted by Gasteiger charge is -2.67. The van der Waals surface area contributed by atoms with Crippen molar-refractivity contribution in [1.29, 1.82) is 0 Å². The molecule has 29 nitrogen and oxygen atoms in total. The second-order valence-corrected chi connectivity index (χ2v) is 33.3. The number of alkyl carbamates (subject to hydrolysis) is 1. The molecule has 2 unspecified atom stereocenters. The molecule has 0 spiro atoms. The summed E-state index contributed by atoms with van der Waals surface area (Å²) in [6, 6.07) is 24.1. The second kappa shape index (κ2) is 29.9. The SMILES string of the molecule is CC(=O)O[C@@]12CO[C@@H]1CC(O)C1(C)C(=O)[C@H](O)C3=C(C)[C@@H](OC(=O)[C@H](OC(=O)C4CCN(C(=O)C5CCN(S(=O)(=O)N6CCN(Cc7ccc(-n8c(O)nnc8-c8cc(C(C)C)c(O)cc8O)cc7)CC6)CC5)CC4)[C@@H](NC(=O)OC(C)(C)C)c4ccccc4)C[C@@](O)([C@@H](OC(=O)c4ccccc4)[C@@H]12)C3(C)C. The predicted molar refractivity (Wildman–Crippen MR) is 383 cm³/mol. The fraction of sp³-hybridized carbons (Fsp3) is 0.545. The first-order valence-electron chi connectivity index (χ1n) is 36.4. The van der Waals surface area contributed by atoms with Gasteiger partial charge in [-0.15, -0.1) is 5.10 Å². The van der Waals surface area contributed by atoms with Crippen molar-refractivity contribution >= 4 is 51.9 Å². The van der Waals surface area contributed by atoms with E-state index in [1.807, 2.05) is 26.0 Å². The number of ether oxygens (including phenoxy) is 6. The van der Waals surface area contributed by atoms with E-state index in [0.717, 1.165) is 12.5 Å². The van der Waals surface area contributed by atoms with E-state index >= 15 is 9.59 Å². The van der Waals surface area contributed by atoms with E-state index in [0.29, 0.717) is 30.9 Å². The number of phenols is 2. The first-order valence-corrected chi connectivity index (χ1v) is 37.8. The largest absolute Gasteiger partial charge is 0.508 e. The van der Waals surface area contributed by atoms with Crippen LogP contribution < -0.4 is 5.32 Å². The number of hydrogen-bond acceptors (Lipinski definition) is 24. The lowest BCUT2D eigenvalue weighted by Crippen LogP contribution is -2.81. The highest BCUT2D eigenvalue weighted by atomic mass is 32.2. The summed E-state index contributed by atoms with van der Waals surface area (Å²) in [4.78, 5) is 106. The monoisotopic (exact) mass is 1500 g/mol. The smallest absolute Gasteiger partial charge is 0.408 e. The number of nitrogens with zero attached hydrogens (tertiary/aromatic N) is 7. The topological polar surface area (TPSA) is 386 Å². The van der Waals surface area contributed by atoms with Crippen LogP contribution >= 0.6 is 0 Å². The number of aromatic hydroxyl groups is 3. The van der Waals surface area contributed by atoms with Crippen molar-refractivity contribution in [2.45, 2.75) is 180 Å². The molecular weight excluding hydrogens is 1400 g/mol. The summed E-state index contributed by atoms with van der Waals surface area (Å²) in [6.45, 7) is 17.6. The molecule has 2 bridgehead atoms. The minimum Gasteiger partial charge on any atom is -0.508 e. The number of amides is 2. The van der Waals surface area contributed by atoms with Crippen LogP contribution in [0.4, 0.5) is 4.79 Å². The number of benzene rings is 4. The standard InChI is InChI=1S/C77H96N8O21S/c1-43(2)52-37-53(55(88)38-54(52)87)66-79-80-71(96)85(66)51-23-21-46(22-24-51)41-81-33-35-84(36-34-81)107(99,100)83-31-27-48(28-32-83)67(92)82-29-25-50(26-30-82)68(93)103-62(60(47-17-13-11-14-18-47)78-72(97)106-73(5,6)7)70(95)102-56-40-77(98)65(104-69(94)49-19-15-12-16-20-49)63-75(10,64(91)61(90)59(44(56)3)74(77,8)9)57(89)39-58-76(63,42-101-58)105-45(4)86/h11-24,37-38,43,48,50,56-58,60-63,65,87-90,98H,25-36,39-42H2,1-10H3,(H,78,97)(H,80,96)/t56-,57?,58+,60-,61+,62+,63-,65-,75?,76-,77+/m0/s1. The number of carbonyl (C=O) groups excluding carboxylic acids is 7. The summed E-state index contributed by atoms with van der Waals surface area (Å²) >= 11 is 0. The van der Waals surface area contributed by atoms with Crippen LogP contribution in [-0.4, -0.2) is 226 Å². The summed E-state index contributed by atoms with van der Waals surface area (Å²) in [7, 11) is -3.91. The van der Waals surface area contributed by atoms with Gasteiger partial charge in [0.1, 0.15) is 53.2 Å². The van der Waals surface area contributed by atoms with Crippen LogP contribution in [0.15, 0.2) is 108 Å². The highest BCUT2D eigenvalue weighted by molar-refractivity contribution is 7.86. The molecule has 7 N–H and O–H groups in total. The zero-order chi connectivity index (χ0) is 77.2. The number of Topliss-reactive ketones (excluding diaryl/α,β-unsaturated/α-hetero) is 1. The van der Waals surface area contributed by atoms with E-state index in [1.54, 1.807) is 92.4 Å². The number of carbonyl (C=O) groups is 7. The minimum absolute atomic E-state index is 0.0253. The van der Waals surface area contributed by atoms with Crippen LogP contribution in [0.1, 0.15) is 147 Å². The molecule has 1 aromatic heterocycles. The quantitative estimate of drug-likeness (QED) is 0.0287. The maximum atomic E-state index is 15.6. The number of ketones is 1. The van der Waals surface area contributed by atoms with Crippen molar-refractivity contribution in [2.75, 3.05) is 59.0 Å². The van der Waals surface area contributed by atoms with Crippen molar-refractivity contribution < 1.29 is 101 Å². The van der Waals surface area contributed by atoms with E-state index in [-0.39, 0.29) is 135 Å². The first-order chi connectivity index (χ1) is 50.5. The molecule has 2 amide bonds. The molecule has 5 heterocycles. The molecule has 4 saturated heterocycles. The van der Waals surface area contributed by atoms with Gasteiger partial charge in [0.15, 0.2) is 17.2 Å². The fourth-order valence-corrected chi connectivity index (χ4v) is 18.6. The molecule has 12 rings (SSSR count). The van der Waals surface area contributed by atoms with Gasteiger partial charge in [0.05, 0.1) is 46.8 Å². The molecule has 0 radical (unpaired) electrons. The van der Waals surface area contributed by atoms with Gasteiger partial charge in [0.25, 0.3) is 10.2 Å². The van der Waals surface area contributed by atoms with Gasteiger partial charge < -0.3 is 69.3 Å². The number of rotatable bonds is 18. The van der Waals surface area contributed by atoms with Crippen LogP contribution in [-0.2, 0) is 69.1 Å². The number of nitrogens with one attached hydrogen (secondary N) is 1. The Balaban J connectivity index is 0.721. The Hall–Kier alpha value is -8.88. The Labute approximate surface area is 620 Å². The van der Waals surface area contributed by atoms with Gasteiger partial charge in [0.2, 0.25) is 12.0 Å². The van der Waals surface area contributed by atoms with E-state index in [2.05, 4.69) is 20.4 Å². The molecule has 6 fully saturated rings. The molecule has 2 saturated carbocycles. The molecule has 5 aromatic rings. The zero-order valence-corrected chi connectivity index (χ0v) is 62.6. The normalized spacial score (nSPS) is 27.3. The third-order valence-corrected chi connectivity index (χ3v) is 25.0. The van der Waals surface area contributed by atoms with E-state index < -0.39 is 146 Å². The third kappa shape index (κ3) is 14.7. The van der Waals surface area contributed by atoms with E-state index in [9.17, 15) is 63.0 Å². The highest BCUT2D eigenvalue weighted by Crippen LogP contribution is 2.64. The average molecular weight is 1500 g/mol. The number of phenolic OH excluding ortho intramolecular Hbond substituents is 2. The van der Waals surface area contributed by atoms with Crippen molar-refractivity contribution in [1.82, 2.24) is 38.5 Å². The first kappa shape index (κ1) is 77.7. The fourth-order valence-electron chi connectivity index (χ4n) is 17.0. The van der Waals surface area contributed by atoms with Crippen LogP contribution in [0.2, 0.25) is 0 Å². The summed E-state index contributed by atoms with van der Waals surface area (Å²) in [5.74, 6) is -8.40. The molecule has 7 aliphatic rings. The zero-order valence-electron chi connectivity index (χ0n) is 61.7. The van der Waals surface area contributed by atoms with Gasteiger partial charge in [-0.05, 0) is 124 Å². The van der Waals surface area contributed by atoms with Crippen molar-refractivity contribution in [3.05, 3.63) is 130 Å². The minimum atomic E-state index is -3.91. The molecule has 3 aliphatic carbocycles. The lowest BCUT2D eigenvalue weighted by molar-refractivity contribution is -0.346. The number of hydrogen-bond donors (Lipinski definition) is 7. The molecule has 11 atom stereocenters. The maximum absolute atomic E-state index is 15.6. The van der Waals surface area contributed by atoms with Crippen LogP contribution in [0, 0.1) is 28.6 Å². The van der Waals surface area contributed by atoms with Gasteiger partial charge in [0, 0.05) is 96.1 Å². The van der Waals surface area contributed by atoms with Crippen molar-refractivity contribution in [2.24, 2.45) is 28.6 Å². The number of piperazine rings is 1. The van der Waals surface area contributed by atoms with Gasteiger partial charge in [-0.1, -0.05) is 93.5 Å². The Bertz CT molecular complexity index is 4350. The summed E-state index contributed by atoms with van der Waals surface area (Å²) in [5.41, 5.74) is -6.76. The second-order valence-electron chi connectivity index (χ2n) is 31.4. The molecule has 4 aliphatic heterocycles. The van der Waals surface area contributed by atoms with Crippen molar-refractivity contribution in [3.8, 4) is 34.6 Å². The number of aliphatic hydroxyl groups excluding tert-OH is 2. The summed E-state index contributed by atoms with van der Waals surface area (Å²) < 4.78 is 69.6. The number of piperidine rings is 2. The number of aliphatic hydroxyl groups is 3. The molecular formula is C77H96N8O21S. The molecule has 576 valence electrons. The van der Waals surface area contributed by atoms with E-state index in [1.165, 1.54) is 59.1 Å². The van der Waals surface area contributed by atoms with Gasteiger partial charge in [-0.2, -0.15) is 17.0 Å². The highest BCUT2D eigenvalue weighted by Gasteiger charge is 2.78. The predicted octanol–water partition coefficient (Wildman–Crippen LogP) is 6.31. The summed E-state index contributed by atoms with van der Waals surface area (Å²) in [6.07, 6.45) is -11.7. The van der Waals surface area contributed by atoms with Gasteiger partial charge >= 0.3 is 36.0 Å². The molecule has 4 aromatic carbocycles. The summed E-state index contributed by atoms with van der Waals surface area (Å²) in [5, 5.41) is 81.5. The van der Waals surface area contributed by atoms with Gasteiger partial charge in [-0.3, -0.25) is 24.1 Å². The lowest BCUT2D eigenvalue weighted by atomic mass is 9.44. The average Bonchev–Trinajstić information content (AvgIpc) is 0.845. The number of likely N-dealkylation sites (tertiary alicyclic amines) is 1. The number of fused-ring (bicyclic) bond motifs is 5. The maximum Gasteiger partial charge on any atom is 0.408 e. The Morgan fingerprint density at radius 1 is 0.776 bits per heavy atom. The third-order valence-electron chi connectivity index (χ3n) is 23.0.